The number of rotatable bonds is 4. The number of fused-ring (bicyclic) bond motifs is 1. The molecule has 0 unspecified atom stereocenters. The molecule has 4 heteroatoms. The highest BCUT2D eigenvalue weighted by atomic mass is 16.5. The molecule has 1 amide bonds. The third-order valence-corrected chi connectivity index (χ3v) is 3.61. The minimum atomic E-state index is -0.235. The smallest absolute Gasteiger partial charge is 0.225 e. The van der Waals surface area contributed by atoms with Crippen molar-refractivity contribution in [2.24, 2.45) is 5.73 Å². The molecule has 98 valence electrons. The highest BCUT2D eigenvalue weighted by molar-refractivity contribution is 5.85. The van der Waals surface area contributed by atoms with Gasteiger partial charge in [0.2, 0.25) is 5.91 Å². The first-order valence-electron chi connectivity index (χ1n) is 6.29. The van der Waals surface area contributed by atoms with Crippen LogP contribution >= 0.6 is 0 Å². The molecule has 1 heterocycles. The lowest BCUT2D eigenvalue weighted by molar-refractivity contribution is -0.119. The van der Waals surface area contributed by atoms with Gasteiger partial charge in [0.15, 0.2) is 0 Å². The first-order valence-corrected chi connectivity index (χ1v) is 6.29. The Kier molecular flexibility index (Phi) is 3.87. The fourth-order valence-corrected chi connectivity index (χ4v) is 2.68. The lowest BCUT2D eigenvalue weighted by atomic mass is 9.85. The summed E-state index contributed by atoms with van der Waals surface area (Å²) in [6.45, 7) is 3.64. The van der Waals surface area contributed by atoms with Crippen LogP contribution in [-0.4, -0.2) is 32.2 Å². The molecule has 1 aromatic carbocycles. The summed E-state index contributed by atoms with van der Waals surface area (Å²) in [6.07, 6.45) is 0.774. The Labute approximate surface area is 108 Å². The molecule has 2 N–H and O–H groups in total. The van der Waals surface area contributed by atoms with Crippen molar-refractivity contribution in [1.82, 2.24) is 0 Å². The maximum Gasteiger partial charge on any atom is 0.225 e. The summed E-state index contributed by atoms with van der Waals surface area (Å²) in [7, 11) is 1.70. The van der Waals surface area contributed by atoms with Gasteiger partial charge in [-0.15, -0.1) is 0 Å². The van der Waals surface area contributed by atoms with E-state index in [1.54, 1.807) is 7.11 Å². The molecule has 0 radical (unpaired) electrons. The fraction of sp³-hybridized carbons (Fsp3) is 0.500. The molecular weight excluding hydrogens is 228 g/mol. The average molecular weight is 248 g/mol. The summed E-state index contributed by atoms with van der Waals surface area (Å²) in [5.41, 5.74) is 7.66. The van der Waals surface area contributed by atoms with Crippen molar-refractivity contribution in [3.05, 3.63) is 29.8 Å². The second-order valence-electron chi connectivity index (χ2n) is 4.78. The first-order chi connectivity index (χ1) is 8.65. The van der Waals surface area contributed by atoms with E-state index < -0.39 is 0 Å². The van der Waals surface area contributed by atoms with Gasteiger partial charge in [0.1, 0.15) is 0 Å². The number of nitrogens with zero attached hydrogens (tertiary/aromatic N) is 1. The van der Waals surface area contributed by atoms with Crippen LogP contribution in [0.3, 0.4) is 0 Å². The number of carbonyl (C=O) groups excluding carboxylic acids is 1. The predicted octanol–water partition coefficient (Wildman–Crippen LogP) is 1.50. The zero-order chi connectivity index (χ0) is 13.1. The monoisotopic (exact) mass is 248 g/mol. The average Bonchev–Trinajstić information content (AvgIpc) is 2.36. The van der Waals surface area contributed by atoms with Crippen LogP contribution in [0.2, 0.25) is 0 Å². The maximum absolute atomic E-state index is 11.6. The molecule has 0 fully saturated rings. The van der Waals surface area contributed by atoms with Crippen molar-refractivity contribution in [1.29, 1.82) is 0 Å². The van der Waals surface area contributed by atoms with E-state index >= 15 is 0 Å². The molecule has 1 aliphatic heterocycles. The van der Waals surface area contributed by atoms with Crippen molar-refractivity contribution in [3.8, 4) is 0 Å². The molecule has 1 aliphatic rings. The van der Waals surface area contributed by atoms with E-state index in [1.165, 1.54) is 0 Å². The molecule has 0 spiro atoms. The maximum atomic E-state index is 11.6. The van der Waals surface area contributed by atoms with Crippen molar-refractivity contribution in [2.75, 3.05) is 25.2 Å². The zero-order valence-electron chi connectivity index (χ0n) is 10.9. The molecule has 1 aromatic rings. The number of carbonyl (C=O) groups is 1. The summed E-state index contributed by atoms with van der Waals surface area (Å²) in [4.78, 5) is 13.9. The van der Waals surface area contributed by atoms with E-state index in [4.69, 9.17) is 10.5 Å². The molecule has 0 aromatic heterocycles. The normalized spacial score (nSPS) is 22.7. The molecular formula is C14H20N2O2. The number of anilines is 1. The Balaban J connectivity index is 2.35. The summed E-state index contributed by atoms with van der Waals surface area (Å²) < 4.78 is 5.15. The lowest BCUT2D eigenvalue weighted by Crippen LogP contribution is -2.43. The van der Waals surface area contributed by atoms with E-state index in [2.05, 4.69) is 17.9 Å². The van der Waals surface area contributed by atoms with Crippen molar-refractivity contribution < 1.29 is 9.53 Å². The van der Waals surface area contributed by atoms with Crippen molar-refractivity contribution >= 4 is 11.6 Å². The van der Waals surface area contributed by atoms with E-state index in [1.807, 2.05) is 18.2 Å². The van der Waals surface area contributed by atoms with Crippen LogP contribution in [0.1, 0.15) is 24.8 Å². The Hall–Kier alpha value is -1.55. The Morgan fingerprint density at radius 1 is 1.50 bits per heavy atom. The second kappa shape index (κ2) is 5.40. The number of hydrogen-bond acceptors (Lipinski definition) is 3. The van der Waals surface area contributed by atoms with Crippen LogP contribution in [0.25, 0.3) is 0 Å². The summed E-state index contributed by atoms with van der Waals surface area (Å²) in [5.74, 6) is -0.407. The van der Waals surface area contributed by atoms with Gasteiger partial charge in [-0.25, -0.2) is 0 Å². The van der Waals surface area contributed by atoms with Gasteiger partial charge in [-0.1, -0.05) is 18.2 Å². The van der Waals surface area contributed by atoms with Gasteiger partial charge in [-0.3, -0.25) is 4.79 Å². The number of ether oxygens (including phenoxy) is 1. The number of para-hydroxylation sites is 1. The minimum Gasteiger partial charge on any atom is -0.383 e. The molecule has 0 saturated carbocycles. The number of hydrogen-bond donors (Lipinski definition) is 1. The molecule has 4 nitrogen and oxygen atoms in total. The Bertz CT molecular complexity index is 434. The molecule has 0 aliphatic carbocycles. The van der Waals surface area contributed by atoms with Crippen LogP contribution in [0.4, 0.5) is 5.69 Å². The first kappa shape index (κ1) is 12.9. The number of amides is 1. The van der Waals surface area contributed by atoms with Gasteiger partial charge in [0.05, 0.1) is 12.5 Å². The SMILES string of the molecule is COCCN1c2ccccc2[C@@H](C(N)=O)C[C@@H]1C. The number of methoxy groups -OCH3 is 1. The van der Waals surface area contributed by atoms with Crippen molar-refractivity contribution in [3.63, 3.8) is 0 Å². The third-order valence-electron chi connectivity index (χ3n) is 3.61. The van der Waals surface area contributed by atoms with Gasteiger partial charge in [0, 0.05) is 25.4 Å². The van der Waals surface area contributed by atoms with Crippen LogP contribution in [0, 0.1) is 0 Å². The molecule has 0 bridgehead atoms. The standard InChI is InChI=1S/C14H20N2O2/c1-10-9-12(14(15)17)11-5-3-4-6-13(11)16(10)7-8-18-2/h3-6,10,12H,7-9H2,1-2H3,(H2,15,17)/t10-,12-/m0/s1. The molecule has 2 rings (SSSR count). The second-order valence-corrected chi connectivity index (χ2v) is 4.78. The quantitative estimate of drug-likeness (QED) is 0.878. The van der Waals surface area contributed by atoms with Crippen LogP contribution < -0.4 is 10.6 Å². The van der Waals surface area contributed by atoms with E-state index in [-0.39, 0.29) is 11.8 Å². The Morgan fingerprint density at radius 3 is 2.89 bits per heavy atom. The van der Waals surface area contributed by atoms with E-state index in [9.17, 15) is 4.79 Å². The van der Waals surface area contributed by atoms with Crippen LogP contribution in [-0.2, 0) is 9.53 Å². The van der Waals surface area contributed by atoms with Gasteiger partial charge >= 0.3 is 0 Å². The number of nitrogens with two attached hydrogens (primary N) is 1. The number of benzene rings is 1. The zero-order valence-corrected chi connectivity index (χ0v) is 10.9. The van der Waals surface area contributed by atoms with E-state index in [0.29, 0.717) is 12.6 Å². The third kappa shape index (κ3) is 2.34. The lowest BCUT2D eigenvalue weighted by Gasteiger charge is -2.39. The van der Waals surface area contributed by atoms with Gasteiger partial charge in [-0.2, -0.15) is 0 Å². The fourth-order valence-electron chi connectivity index (χ4n) is 2.68. The van der Waals surface area contributed by atoms with Gasteiger partial charge in [0.25, 0.3) is 0 Å². The molecule has 18 heavy (non-hydrogen) atoms. The largest absolute Gasteiger partial charge is 0.383 e. The molecule has 2 atom stereocenters. The summed E-state index contributed by atoms with van der Waals surface area (Å²) >= 11 is 0. The van der Waals surface area contributed by atoms with Crippen LogP contribution in [0.15, 0.2) is 24.3 Å². The molecule has 0 saturated heterocycles. The topological polar surface area (TPSA) is 55.6 Å². The van der Waals surface area contributed by atoms with Crippen molar-refractivity contribution in [2.45, 2.75) is 25.3 Å². The van der Waals surface area contributed by atoms with Gasteiger partial charge in [-0.05, 0) is 25.0 Å². The summed E-state index contributed by atoms with van der Waals surface area (Å²) in [5, 5.41) is 0. The highest BCUT2D eigenvalue weighted by Gasteiger charge is 2.32. The predicted molar refractivity (Wildman–Crippen MR) is 71.7 cm³/mol. The van der Waals surface area contributed by atoms with E-state index in [0.717, 1.165) is 24.2 Å². The Morgan fingerprint density at radius 2 is 2.22 bits per heavy atom. The summed E-state index contributed by atoms with van der Waals surface area (Å²) in [6, 6.07) is 8.30. The van der Waals surface area contributed by atoms with Gasteiger partial charge < -0.3 is 15.4 Å². The highest BCUT2D eigenvalue weighted by Crippen LogP contribution is 2.37. The van der Waals surface area contributed by atoms with Crippen LogP contribution in [0.5, 0.6) is 0 Å². The minimum absolute atomic E-state index is 0.171. The number of primary amides is 1.